The number of methoxy groups -OCH3 is 3. The van der Waals surface area contributed by atoms with Gasteiger partial charge in [0.25, 0.3) is 5.56 Å². The number of hydrogen-bond donors (Lipinski definition) is 1. The van der Waals surface area contributed by atoms with Crippen LogP contribution in [0.4, 0.5) is 13.2 Å². The van der Waals surface area contributed by atoms with Crippen LogP contribution in [0.25, 0.3) is 0 Å². The molecule has 1 aliphatic heterocycles. The second kappa shape index (κ2) is 7.70. The van der Waals surface area contributed by atoms with Gasteiger partial charge in [-0.2, -0.15) is 13.2 Å². The van der Waals surface area contributed by atoms with E-state index in [9.17, 15) is 18.0 Å². The fourth-order valence-corrected chi connectivity index (χ4v) is 3.21. The zero-order valence-corrected chi connectivity index (χ0v) is 15.6. The molecule has 1 aliphatic rings. The number of aromatic nitrogens is 2. The number of ether oxygens (including phenoxy) is 3. The Balaban J connectivity index is 1.87. The highest BCUT2D eigenvalue weighted by Crippen LogP contribution is 2.35. The monoisotopic (exact) mass is 399 g/mol. The standard InChI is InChI=1S/C18H20F3N3O4/c1-26-13-7-15(28-3)14(27-2)6-10(13)8-24-5-4-12-11(9-24)16(25)23-17(22-12)18(19,20)21/h6-7H,4-5,8-9H2,1-3H3,(H,22,23,25). The molecule has 10 heteroatoms. The SMILES string of the molecule is COc1cc(OC)c(OC)cc1CN1CCc2nc(C(F)(F)F)[nH]c(=O)c2C1. The lowest BCUT2D eigenvalue weighted by Gasteiger charge is -2.28. The number of alkyl halides is 3. The Morgan fingerprint density at radius 3 is 2.36 bits per heavy atom. The summed E-state index contributed by atoms with van der Waals surface area (Å²) in [6.45, 7) is 1.06. The number of aromatic amines is 1. The van der Waals surface area contributed by atoms with E-state index in [1.165, 1.54) is 21.3 Å². The molecule has 28 heavy (non-hydrogen) atoms. The van der Waals surface area contributed by atoms with Crippen LogP contribution in [-0.4, -0.2) is 42.7 Å². The van der Waals surface area contributed by atoms with Crippen molar-refractivity contribution in [2.75, 3.05) is 27.9 Å². The summed E-state index contributed by atoms with van der Waals surface area (Å²) in [4.78, 5) is 19.5. The van der Waals surface area contributed by atoms with Crippen LogP contribution in [0.2, 0.25) is 0 Å². The minimum Gasteiger partial charge on any atom is -0.496 e. The second-order valence-corrected chi connectivity index (χ2v) is 6.32. The molecule has 0 amide bonds. The van der Waals surface area contributed by atoms with Crippen molar-refractivity contribution in [3.8, 4) is 17.2 Å². The molecule has 0 unspecified atom stereocenters. The first-order chi connectivity index (χ1) is 13.3. The fourth-order valence-electron chi connectivity index (χ4n) is 3.21. The molecule has 1 aromatic heterocycles. The molecule has 0 saturated carbocycles. The smallest absolute Gasteiger partial charge is 0.449 e. The Kier molecular flexibility index (Phi) is 5.50. The highest BCUT2D eigenvalue weighted by molar-refractivity contribution is 5.50. The summed E-state index contributed by atoms with van der Waals surface area (Å²) in [6.07, 6.45) is -4.43. The Morgan fingerprint density at radius 1 is 1.11 bits per heavy atom. The van der Waals surface area contributed by atoms with Crippen molar-refractivity contribution in [2.24, 2.45) is 0 Å². The van der Waals surface area contributed by atoms with Crippen LogP contribution < -0.4 is 19.8 Å². The third kappa shape index (κ3) is 3.91. The third-order valence-corrected chi connectivity index (χ3v) is 4.60. The van der Waals surface area contributed by atoms with Gasteiger partial charge < -0.3 is 19.2 Å². The lowest BCUT2D eigenvalue weighted by Crippen LogP contribution is -2.36. The van der Waals surface area contributed by atoms with E-state index in [-0.39, 0.29) is 24.2 Å². The first-order valence-electron chi connectivity index (χ1n) is 8.47. The number of halogens is 3. The molecule has 0 bridgehead atoms. The van der Waals surface area contributed by atoms with Crippen molar-refractivity contribution in [1.82, 2.24) is 14.9 Å². The molecular weight excluding hydrogens is 379 g/mol. The predicted octanol–water partition coefficient (Wildman–Crippen LogP) is 2.37. The maximum Gasteiger partial charge on any atom is 0.449 e. The molecule has 3 rings (SSSR count). The molecular formula is C18H20F3N3O4. The summed E-state index contributed by atoms with van der Waals surface area (Å²) in [5.41, 5.74) is 0.478. The Bertz CT molecular complexity index is 928. The van der Waals surface area contributed by atoms with E-state index < -0.39 is 17.6 Å². The van der Waals surface area contributed by atoms with E-state index in [2.05, 4.69) is 4.98 Å². The molecule has 0 fully saturated rings. The van der Waals surface area contributed by atoms with Gasteiger partial charge in [0.15, 0.2) is 11.5 Å². The molecule has 7 nitrogen and oxygen atoms in total. The van der Waals surface area contributed by atoms with Crippen molar-refractivity contribution >= 4 is 0 Å². The molecule has 0 radical (unpaired) electrons. The molecule has 0 saturated heterocycles. The van der Waals surface area contributed by atoms with Gasteiger partial charge in [0.2, 0.25) is 5.82 Å². The minimum absolute atomic E-state index is 0.187. The summed E-state index contributed by atoms with van der Waals surface area (Å²) in [6, 6.07) is 3.48. The lowest BCUT2D eigenvalue weighted by molar-refractivity contribution is -0.145. The summed E-state index contributed by atoms with van der Waals surface area (Å²) in [5, 5.41) is 0. The average Bonchev–Trinajstić information content (AvgIpc) is 2.67. The lowest BCUT2D eigenvalue weighted by atomic mass is 10.1. The molecule has 152 valence electrons. The largest absolute Gasteiger partial charge is 0.496 e. The number of fused-ring (bicyclic) bond motifs is 1. The van der Waals surface area contributed by atoms with E-state index >= 15 is 0 Å². The van der Waals surface area contributed by atoms with E-state index in [0.29, 0.717) is 30.3 Å². The number of benzene rings is 1. The van der Waals surface area contributed by atoms with Gasteiger partial charge in [-0.1, -0.05) is 0 Å². The zero-order valence-electron chi connectivity index (χ0n) is 15.6. The fraction of sp³-hybridized carbons (Fsp3) is 0.444. The zero-order chi connectivity index (χ0) is 20.5. The maximum atomic E-state index is 12.8. The highest BCUT2D eigenvalue weighted by Gasteiger charge is 2.36. The van der Waals surface area contributed by atoms with Gasteiger partial charge >= 0.3 is 6.18 Å². The van der Waals surface area contributed by atoms with Gasteiger partial charge in [-0.05, 0) is 6.07 Å². The summed E-state index contributed by atoms with van der Waals surface area (Å²) in [7, 11) is 4.57. The van der Waals surface area contributed by atoms with E-state index in [4.69, 9.17) is 14.2 Å². The third-order valence-electron chi connectivity index (χ3n) is 4.60. The maximum absolute atomic E-state index is 12.8. The summed E-state index contributed by atoms with van der Waals surface area (Å²) >= 11 is 0. The topological polar surface area (TPSA) is 76.7 Å². The quantitative estimate of drug-likeness (QED) is 0.832. The molecule has 2 aromatic rings. The number of nitrogens with zero attached hydrogens (tertiary/aromatic N) is 2. The molecule has 0 aliphatic carbocycles. The van der Waals surface area contributed by atoms with E-state index in [0.717, 1.165) is 5.56 Å². The average molecular weight is 399 g/mol. The van der Waals surface area contributed by atoms with Crippen LogP contribution in [0.5, 0.6) is 17.2 Å². The first kappa shape index (κ1) is 20.0. The van der Waals surface area contributed by atoms with Gasteiger partial charge in [0.1, 0.15) is 5.75 Å². The van der Waals surface area contributed by atoms with Crippen molar-refractivity contribution in [3.05, 3.63) is 45.1 Å². The van der Waals surface area contributed by atoms with Gasteiger partial charge in [-0.3, -0.25) is 9.69 Å². The Hall–Kier alpha value is -2.75. The van der Waals surface area contributed by atoms with Crippen molar-refractivity contribution in [2.45, 2.75) is 25.7 Å². The number of hydrogen-bond acceptors (Lipinski definition) is 6. The van der Waals surface area contributed by atoms with Crippen LogP contribution in [0.15, 0.2) is 16.9 Å². The number of H-pyrrole nitrogens is 1. The number of rotatable bonds is 5. The first-order valence-corrected chi connectivity index (χ1v) is 8.47. The van der Waals surface area contributed by atoms with Gasteiger partial charge in [0.05, 0.1) is 32.6 Å². The number of nitrogens with one attached hydrogen (secondary N) is 1. The van der Waals surface area contributed by atoms with Crippen LogP contribution in [0.1, 0.15) is 22.6 Å². The second-order valence-electron chi connectivity index (χ2n) is 6.32. The van der Waals surface area contributed by atoms with Crippen molar-refractivity contribution < 1.29 is 27.4 Å². The molecule has 1 N–H and O–H groups in total. The van der Waals surface area contributed by atoms with Gasteiger partial charge in [-0.25, -0.2) is 4.98 Å². The summed E-state index contributed by atoms with van der Waals surface area (Å²) < 4.78 is 54.5. The molecule has 2 heterocycles. The van der Waals surface area contributed by atoms with Gasteiger partial charge in [-0.15, -0.1) is 0 Å². The Morgan fingerprint density at radius 2 is 1.75 bits per heavy atom. The molecule has 0 spiro atoms. The van der Waals surface area contributed by atoms with Gasteiger partial charge in [0, 0.05) is 37.7 Å². The van der Waals surface area contributed by atoms with Crippen LogP contribution >= 0.6 is 0 Å². The molecule has 1 aromatic carbocycles. The summed E-state index contributed by atoms with van der Waals surface area (Å²) in [5.74, 6) is 0.381. The van der Waals surface area contributed by atoms with E-state index in [1.54, 1.807) is 12.1 Å². The molecule has 0 atom stereocenters. The normalized spacial score (nSPS) is 14.5. The van der Waals surface area contributed by atoms with Crippen molar-refractivity contribution in [3.63, 3.8) is 0 Å². The van der Waals surface area contributed by atoms with Crippen LogP contribution in [-0.2, 0) is 25.7 Å². The Labute approximate surface area is 159 Å². The highest BCUT2D eigenvalue weighted by atomic mass is 19.4. The van der Waals surface area contributed by atoms with Crippen molar-refractivity contribution in [1.29, 1.82) is 0 Å². The van der Waals surface area contributed by atoms with Crippen LogP contribution in [0.3, 0.4) is 0 Å². The predicted molar refractivity (Wildman–Crippen MR) is 93.8 cm³/mol. The minimum atomic E-state index is -4.68. The van der Waals surface area contributed by atoms with Crippen LogP contribution in [0, 0.1) is 0 Å². The van der Waals surface area contributed by atoms with E-state index in [1.807, 2.05) is 9.88 Å².